The van der Waals surface area contributed by atoms with Crippen LogP contribution >= 0.6 is 0 Å². The van der Waals surface area contributed by atoms with E-state index in [4.69, 9.17) is 0 Å². The summed E-state index contributed by atoms with van der Waals surface area (Å²) in [6.07, 6.45) is 4.46. The van der Waals surface area contributed by atoms with Crippen LogP contribution < -0.4 is 5.32 Å². The molecule has 3 heteroatoms. The second kappa shape index (κ2) is 2.96. The van der Waals surface area contributed by atoms with Gasteiger partial charge in [-0.25, -0.2) is 0 Å². The van der Waals surface area contributed by atoms with Crippen LogP contribution in [-0.2, 0) is 0 Å². The first-order valence-corrected chi connectivity index (χ1v) is 6.40. The van der Waals surface area contributed by atoms with Crippen molar-refractivity contribution in [3.05, 3.63) is 17.8 Å². The molecule has 3 saturated carbocycles. The molecule has 1 heterocycles. The van der Waals surface area contributed by atoms with E-state index in [0.29, 0.717) is 6.04 Å². The lowest BCUT2D eigenvalue weighted by atomic mass is 10.0. The van der Waals surface area contributed by atoms with Crippen LogP contribution in [0.1, 0.15) is 25.0 Å². The molecule has 0 amide bonds. The fourth-order valence-electron chi connectivity index (χ4n) is 4.17. The maximum absolute atomic E-state index is 4.20. The number of aryl methyl sites for hydroxylation is 1. The van der Waals surface area contributed by atoms with E-state index in [0.717, 1.165) is 35.2 Å². The van der Waals surface area contributed by atoms with Crippen LogP contribution in [0.3, 0.4) is 0 Å². The molecule has 16 heavy (non-hydrogen) atoms. The normalized spacial score (nSPS) is 43.2. The first kappa shape index (κ1) is 8.97. The predicted octanol–water partition coefficient (Wildman–Crippen LogP) is 2.24. The lowest BCUT2D eigenvalue weighted by Crippen LogP contribution is -2.13. The van der Waals surface area contributed by atoms with E-state index in [1.165, 1.54) is 19.3 Å². The van der Waals surface area contributed by atoms with Gasteiger partial charge in [0.2, 0.25) is 0 Å². The third kappa shape index (κ3) is 1.14. The summed E-state index contributed by atoms with van der Waals surface area (Å²) in [6.45, 7) is 1.98. The lowest BCUT2D eigenvalue weighted by Gasteiger charge is -2.10. The molecule has 0 radical (unpaired) electrons. The van der Waals surface area contributed by atoms with Gasteiger partial charge in [-0.05, 0) is 62.0 Å². The second-order valence-electron chi connectivity index (χ2n) is 5.72. The summed E-state index contributed by atoms with van der Waals surface area (Å²) in [7, 11) is 0. The summed E-state index contributed by atoms with van der Waals surface area (Å²) >= 11 is 0. The highest BCUT2D eigenvalue weighted by Gasteiger charge is 2.65. The zero-order valence-electron chi connectivity index (χ0n) is 9.56. The van der Waals surface area contributed by atoms with Crippen LogP contribution in [0, 0.1) is 30.6 Å². The van der Waals surface area contributed by atoms with E-state index < -0.39 is 0 Å². The number of rotatable bonds is 2. The Kier molecular flexibility index (Phi) is 1.66. The highest BCUT2D eigenvalue weighted by molar-refractivity contribution is 5.39. The molecule has 4 rings (SSSR count). The highest BCUT2D eigenvalue weighted by atomic mass is 15.2. The molecule has 2 bridgehead atoms. The topological polar surface area (TPSA) is 37.8 Å². The monoisotopic (exact) mass is 215 g/mol. The van der Waals surface area contributed by atoms with Gasteiger partial charge in [-0.2, -0.15) is 5.10 Å². The average molecular weight is 215 g/mol. The Morgan fingerprint density at radius 2 is 1.88 bits per heavy atom. The van der Waals surface area contributed by atoms with Gasteiger partial charge in [0.25, 0.3) is 0 Å². The molecule has 4 atom stereocenters. The molecule has 3 aliphatic rings. The number of nitrogens with one attached hydrogen (secondary N) is 1. The Bertz CT molecular complexity index is 398. The van der Waals surface area contributed by atoms with Gasteiger partial charge in [0.05, 0.1) is 5.69 Å². The predicted molar refractivity (Wildman–Crippen MR) is 62.0 cm³/mol. The van der Waals surface area contributed by atoms with Crippen LogP contribution in [0.5, 0.6) is 0 Å². The van der Waals surface area contributed by atoms with Crippen LogP contribution in [0.4, 0.5) is 5.82 Å². The average Bonchev–Trinajstić information content (AvgIpc) is 2.72. The molecule has 4 unspecified atom stereocenters. The smallest absolute Gasteiger partial charge is 0.148 e. The van der Waals surface area contributed by atoms with E-state index in [1.807, 2.05) is 13.0 Å². The number of anilines is 1. The molecule has 1 aromatic heterocycles. The highest BCUT2D eigenvalue weighted by Crippen LogP contribution is 2.66. The van der Waals surface area contributed by atoms with E-state index >= 15 is 0 Å². The minimum Gasteiger partial charge on any atom is -0.365 e. The van der Waals surface area contributed by atoms with Crippen molar-refractivity contribution in [1.82, 2.24) is 10.2 Å². The van der Waals surface area contributed by atoms with Crippen molar-refractivity contribution >= 4 is 5.82 Å². The van der Waals surface area contributed by atoms with Gasteiger partial charge in [-0.15, -0.1) is 5.10 Å². The largest absolute Gasteiger partial charge is 0.365 e. The number of hydrogen-bond donors (Lipinski definition) is 1. The molecule has 0 saturated heterocycles. The van der Waals surface area contributed by atoms with Crippen LogP contribution in [0.25, 0.3) is 0 Å². The van der Waals surface area contributed by atoms with Crippen molar-refractivity contribution in [2.45, 2.75) is 32.2 Å². The summed E-state index contributed by atoms with van der Waals surface area (Å²) in [5, 5.41) is 11.9. The molecular weight excluding hydrogens is 198 g/mol. The summed E-state index contributed by atoms with van der Waals surface area (Å²) in [4.78, 5) is 0. The van der Waals surface area contributed by atoms with Crippen molar-refractivity contribution < 1.29 is 0 Å². The summed E-state index contributed by atoms with van der Waals surface area (Å²) < 4.78 is 0. The minimum atomic E-state index is 0.711. The maximum atomic E-state index is 4.20. The van der Waals surface area contributed by atoms with Gasteiger partial charge in [0.15, 0.2) is 0 Å². The van der Waals surface area contributed by atoms with E-state index in [1.54, 1.807) is 0 Å². The molecule has 3 fully saturated rings. The minimum absolute atomic E-state index is 0.711. The Balaban J connectivity index is 1.48. The molecule has 1 N–H and O–H groups in total. The van der Waals surface area contributed by atoms with Gasteiger partial charge in [-0.3, -0.25) is 0 Å². The van der Waals surface area contributed by atoms with Gasteiger partial charge < -0.3 is 5.32 Å². The van der Waals surface area contributed by atoms with Crippen molar-refractivity contribution in [3.8, 4) is 0 Å². The van der Waals surface area contributed by atoms with Crippen LogP contribution in [-0.4, -0.2) is 16.2 Å². The zero-order valence-corrected chi connectivity index (χ0v) is 9.56. The Morgan fingerprint density at radius 1 is 1.12 bits per heavy atom. The second-order valence-corrected chi connectivity index (χ2v) is 5.72. The summed E-state index contributed by atoms with van der Waals surface area (Å²) in [6, 6.07) is 4.80. The van der Waals surface area contributed by atoms with Gasteiger partial charge in [0.1, 0.15) is 5.82 Å². The third-order valence-corrected chi connectivity index (χ3v) is 4.85. The third-order valence-electron chi connectivity index (χ3n) is 4.85. The maximum Gasteiger partial charge on any atom is 0.148 e. The number of nitrogens with zero attached hydrogens (tertiary/aromatic N) is 2. The summed E-state index contributed by atoms with van der Waals surface area (Å²) in [5.74, 6) is 4.92. The quantitative estimate of drug-likeness (QED) is 0.822. The Morgan fingerprint density at radius 3 is 2.50 bits per heavy atom. The molecule has 0 aromatic carbocycles. The molecule has 0 aliphatic heterocycles. The standard InChI is InChI=1S/C13H17N3/c1-7-2-5-10(16-15-7)14-13-11-8-3-4-9(6-8)12(11)13/h2,5,8-9,11-13H,3-4,6H2,1H3,(H,14,16). The molecule has 3 nitrogen and oxygen atoms in total. The number of aromatic nitrogens is 2. The Hall–Kier alpha value is -1.12. The SMILES string of the molecule is Cc1ccc(NC2C3C4CCC(C4)C23)nn1. The Labute approximate surface area is 95.7 Å². The first-order valence-electron chi connectivity index (χ1n) is 6.40. The van der Waals surface area contributed by atoms with Gasteiger partial charge in [0, 0.05) is 6.04 Å². The van der Waals surface area contributed by atoms with Crippen LogP contribution in [0.15, 0.2) is 12.1 Å². The number of hydrogen-bond acceptors (Lipinski definition) is 3. The van der Waals surface area contributed by atoms with Crippen molar-refractivity contribution in [2.75, 3.05) is 5.32 Å². The van der Waals surface area contributed by atoms with Gasteiger partial charge >= 0.3 is 0 Å². The lowest BCUT2D eigenvalue weighted by molar-refractivity contribution is 0.456. The molecular formula is C13H17N3. The van der Waals surface area contributed by atoms with E-state index in [9.17, 15) is 0 Å². The molecule has 1 aromatic rings. The van der Waals surface area contributed by atoms with Crippen molar-refractivity contribution in [2.24, 2.45) is 23.7 Å². The van der Waals surface area contributed by atoms with Gasteiger partial charge in [-0.1, -0.05) is 0 Å². The molecule has 0 spiro atoms. The zero-order chi connectivity index (χ0) is 10.7. The fraction of sp³-hybridized carbons (Fsp3) is 0.692. The van der Waals surface area contributed by atoms with Crippen molar-refractivity contribution in [3.63, 3.8) is 0 Å². The number of fused-ring (bicyclic) bond motifs is 5. The van der Waals surface area contributed by atoms with Crippen molar-refractivity contribution in [1.29, 1.82) is 0 Å². The van der Waals surface area contributed by atoms with E-state index in [-0.39, 0.29) is 0 Å². The van der Waals surface area contributed by atoms with Crippen LogP contribution in [0.2, 0.25) is 0 Å². The van der Waals surface area contributed by atoms with E-state index in [2.05, 4.69) is 21.6 Å². The molecule has 3 aliphatic carbocycles. The summed E-state index contributed by atoms with van der Waals surface area (Å²) in [5.41, 5.74) is 0.988. The fourth-order valence-corrected chi connectivity index (χ4v) is 4.17. The molecule has 84 valence electrons. The first-order chi connectivity index (χ1) is 7.83.